The second-order valence-electron chi connectivity index (χ2n) is 16.9. The van der Waals surface area contributed by atoms with Gasteiger partial charge in [0.05, 0.1) is 24.2 Å². The standard InChI is InChI=1S/C41H54Si3/c1-42(2,3)39-32-26-19-27-33(35(39)29-20-13-10-14-21-29)38-34(28-32)40(43(4,5)6)37(31-24-17-12-18-25-31)41(44(7,8)9)36(38)30-22-15-11-16-23-30/h10-18,20-25,32-34,38H,19,26-28H2,1-9H3. The van der Waals surface area contributed by atoms with E-state index < -0.39 is 24.2 Å². The van der Waals surface area contributed by atoms with Crippen molar-refractivity contribution < 1.29 is 0 Å². The first-order valence-electron chi connectivity index (χ1n) is 17.2. The maximum Gasteiger partial charge on any atom is 0.0787 e. The van der Waals surface area contributed by atoms with Crippen LogP contribution >= 0.6 is 0 Å². The molecule has 0 saturated carbocycles. The lowest BCUT2D eigenvalue weighted by atomic mass is 9.64. The van der Waals surface area contributed by atoms with Crippen molar-refractivity contribution in [2.75, 3.05) is 0 Å². The Morgan fingerprint density at radius 3 is 1.43 bits per heavy atom. The third kappa shape index (κ3) is 5.69. The minimum atomic E-state index is -1.82. The Hall–Kier alpha value is -2.47. The molecule has 2 bridgehead atoms. The maximum absolute atomic E-state index is 2.66. The fourth-order valence-corrected chi connectivity index (χ4v) is 16.8. The molecule has 0 fully saturated rings. The van der Waals surface area contributed by atoms with Gasteiger partial charge in [0.25, 0.3) is 0 Å². The number of benzene rings is 3. The Labute approximate surface area is 271 Å². The largest absolute Gasteiger partial charge is 0.0787 e. The van der Waals surface area contributed by atoms with E-state index in [9.17, 15) is 0 Å². The zero-order valence-corrected chi connectivity index (χ0v) is 31.8. The summed E-state index contributed by atoms with van der Waals surface area (Å²) < 4.78 is 0. The maximum atomic E-state index is 2.66. The van der Waals surface area contributed by atoms with E-state index in [4.69, 9.17) is 0 Å². The van der Waals surface area contributed by atoms with Gasteiger partial charge in [0.2, 0.25) is 0 Å². The second-order valence-corrected chi connectivity index (χ2v) is 31.9. The molecule has 0 aromatic heterocycles. The molecule has 6 rings (SSSR count). The molecule has 3 heteroatoms. The molecular formula is C41H54Si3. The Morgan fingerprint density at radius 2 is 0.955 bits per heavy atom. The summed E-state index contributed by atoms with van der Waals surface area (Å²) in [5.41, 5.74) is 9.60. The lowest BCUT2D eigenvalue weighted by Crippen LogP contribution is -2.43. The van der Waals surface area contributed by atoms with Crippen molar-refractivity contribution in [3.8, 4) is 0 Å². The highest BCUT2D eigenvalue weighted by Gasteiger charge is 2.52. The van der Waals surface area contributed by atoms with Crippen molar-refractivity contribution in [1.82, 2.24) is 0 Å². The van der Waals surface area contributed by atoms with E-state index in [1.807, 2.05) is 10.4 Å². The third-order valence-electron chi connectivity index (χ3n) is 10.6. The van der Waals surface area contributed by atoms with E-state index in [0.717, 1.165) is 0 Å². The highest BCUT2D eigenvalue weighted by Crippen LogP contribution is 2.62. The quantitative estimate of drug-likeness (QED) is 0.238. The summed E-state index contributed by atoms with van der Waals surface area (Å²) in [5, 5.41) is 5.53. The average molecular weight is 631 g/mol. The molecule has 0 amide bonds. The van der Waals surface area contributed by atoms with Crippen molar-refractivity contribution in [3.63, 3.8) is 0 Å². The first-order valence-corrected chi connectivity index (χ1v) is 27.7. The Morgan fingerprint density at radius 1 is 0.477 bits per heavy atom. The first-order chi connectivity index (χ1) is 20.8. The Balaban J connectivity index is 1.79. The van der Waals surface area contributed by atoms with Gasteiger partial charge >= 0.3 is 0 Å². The van der Waals surface area contributed by atoms with E-state index in [0.29, 0.717) is 23.7 Å². The number of rotatable bonds is 6. The fraction of sp³-hybridized carbons (Fsp3) is 0.415. The number of hydrogen-bond donors (Lipinski definition) is 0. The lowest BCUT2D eigenvalue weighted by molar-refractivity contribution is 0.292. The van der Waals surface area contributed by atoms with Gasteiger partial charge in [-0.1, -0.05) is 167 Å². The van der Waals surface area contributed by atoms with Crippen LogP contribution in [0.4, 0.5) is 0 Å². The summed E-state index contributed by atoms with van der Waals surface area (Å²) in [4.78, 5) is 0. The fourth-order valence-electron chi connectivity index (χ4n) is 9.52. The lowest BCUT2D eigenvalue weighted by Gasteiger charge is -2.49. The van der Waals surface area contributed by atoms with Crippen LogP contribution in [0.1, 0.15) is 42.4 Å². The molecule has 3 aromatic carbocycles. The molecule has 0 radical (unpaired) electrons. The summed E-state index contributed by atoms with van der Waals surface area (Å²) in [6.07, 6.45) is 5.35. The predicted octanol–water partition coefficient (Wildman–Crippen LogP) is 12.0. The molecule has 3 aliphatic rings. The highest BCUT2D eigenvalue weighted by atomic mass is 28.3. The summed E-state index contributed by atoms with van der Waals surface area (Å²) in [6, 6.07) is 35.0. The number of hydrogen-bond acceptors (Lipinski definition) is 0. The van der Waals surface area contributed by atoms with Crippen LogP contribution in [0.5, 0.6) is 0 Å². The average Bonchev–Trinajstić information content (AvgIpc) is 3.24. The summed E-state index contributed by atoms with van der Waals surface area (Å²) in [6.45, 7) is 23.8. The smallest absolute Gasteiger partial charge is 0.0740 e. The third-order valence-corrected chi connectivity index (χ3v) is 17.2. The normalized spacial score (nSPS) is 24.8. The zero-order valence-electron chi connectivity index (χ0n) is 28.8. The molecule has 3 aromatic rings. The molecular weight excluding hydrogens is 577 g/mol. The van der Waals surface area contributed by atoms with Crippen LogP contribution in [0.2, 0.25) is 58.9 Å². The van der Waals surface area contributed by atoms with Gasteiger partial charge in [-0.15, -0.1) is 0 Å². The van der Waals surface area contributed by atoms with Crippen LogP contribution in [0.15, 0.2) is 107 Å². The van der Waals surface area contributed by atoms with E-state index in [1.54, 1.807) is 21.9 Å². The van der Waals surface area contributed by atoms with Gasteiger partial charge in [-0.25, -0.2) is 0 Å². The number of fused-ring (bicyclic) bond motifs is 4. The molecule has 3 aliphatic carbocycles. The van der Waals surface area contributed by atoms with Crippen LogP contribution < -0.4 is 0 Å². The highest BCUT2D eigenvalue weighted by molar-refractivity contribution is 6.89. The van der Waals surface area contributed by atoms with E-state index >= 15 is 0 Å². The molecule has 0 heterocycles. The molecule has 230 valence electrons. The number of allylic oxidation sites excluding steroid dienone is 6. The van der Waals surface area contributed by atoms with E-state index in [1.165, 1.54) is 42.4 Å². The molecule has 4 atom stereocenters. The van der Waals surface area contributed by atoms with Gasteiger partial charge in [-0.05, 0) is 81.5 Å². The van der Waals surface area contributed by atoms with E-state index in [-0.39, 0.29) is 0 Å². The van der Waals surface area contributed by atoms with Crippen molar-refractivity contribution in [1.29, 1.82) is 0 Å². The Kier molecular flexibility index (Phi) is 8.39. The molecule has 0 spiro atoms. The summed E-state index contributed by atoms with van der Waals surface area (Å²) >= 11 is 0. The van der Waals surface area contributed by atoms with Crippen LogP contribution in [-0.4, -0.2) is 24.2 Å². The summed E-state index contributed by atoms with van der Waals surface area (Å²) in [5.74, 6) is 2.36. The predicted molar refractivity (Wildman–Crippen MR) is 203 cm³/mol. The molecule has 44 heavy (non-hydrogen) atoms. The monoisotopic (exact) mass is 630 g/mol. The van der Waals surface area contributed by atoms with Crippen molar-refractivity contribution in [2.24, 2.45) is 23.7 Å². The van der Waals surface area contributed by atoms with Crippen LogP contribution in [0, 0.1) is 23.7 Å². The van der Waals surface area contributed by atoms with Gasteiger partial charge in [-0.3, -0.25) is 0 Å². The van der Waals surface area contributed by atoms with Crippen molar-refractivity contribution in [3.05, 3.63) is 123 Å². The molecule has 0 aliphatic heterocycles. The minimum absolute atomic E-state index is 0.528. The SMILES string of the molecule is C[Si](C)(C)C1=C(c2ccccc2)C2C3CCCC(CC2C([Si](C)(C)C)=C1c1ccccc1)C([Si](C)(C)C)=C3c1ccccc1. The topological polar surface area (TPSA) is 0 Å². The van der Waals surface area contributed by atoms with Gasteiger partial charge in [0, 0.05) is 0 Å². The van der Waals surface area contributed by atoms with Crippen molar-refractivity contribution in [2.45, 2.75) is 84.6 Å². The summed E-state index contributed by atoms with van der Waals surface area (Å²) in [7, 11) is -5.18. The van der Waals surface area contributed by atoms with Gasteiger partial charge in [0.1, 0.15) is 0 Å². The van der Waals surface area contributed by atoms with E-state index in [2.05, 4.69) is 150 Å². The van der Waals surface area contributed by atoms with Crippen LogP contribution in [0.3, 0.4) is 0 Å². The van der Waals surface area contributed by atoms with Gasteiger partial charge < -0.3 is 0 Å². The zero-order chi connectivity index (χ0) is 31.4. The Bertz CT molecular complexity index is 1590. The molecule has 4 unspecified atom stereocenters. The van der Waals surface area contributed by atoms with Crippen LogP contribution in [-0.2, 0) is 0 Å². The van der Waals surface area contributed by atoms with Crippen molar-refractivity contribution >= 4 is 40.9 Å². The molecule has 0 nitrogen and oxygen atoms in total. The second kappa shape index (κ2) is 11.7. The molecule has 0 N–H and O–H groups in total. The van der Waals surface area contributed by atoms with Gasteiger partial charge in [0.15, 0.2) is 0 Å². The van der Waals surface area contributed by atoms with Crippen LogP contribution in [0.25, 0.3) is 16.7 Å². The first kappa shape index (κ1) is 31.5. The van der Waals surface area contributed by atoms with Gasteiger partial charge in [-0.2, -0.15) is 0 Å². The minimum Gasteiger partial charge on any atom is -0.0740 e. The molecule has 0 saturated heterocycles.